The number of nitrogens with one attached hydrogen (secondary N) is 1. The first-order valence-electron chi connectivity index (χ1n) is 13.5. The van der Waals surface area contributed by atoms with Gasteiger partial charge in [-0.3, -0.25) is 19.2 Å². The number of ketones is 2. The van der Waals surface area contributed by atoms with Crippen LogP contribution in [0.4, 0.5) is 5.69 Å². The molecule has 6 rings (SSSR count). The number of hydrogen-bond donors (Lipinski definition) is 6. The number of carbonyl (C=O) groups is 4. The van der Waals surface area contributed by atoms with Gasteiger partial charge in [0.2, 0.25) is 11.7 Å². The monoisotopic (exact) mass is 553 g/mol. The van der Waals surface area contributed by atoms with Gasteiger partial charge in [-0.25, -0.2) is 0 Å². The average molecular weight is 554 g/mol. The Morgan fingerprint density at radius 1 is 1.12 bits per heavy atom. The van der Waals surface area contributed by atoms with Crippen LogP contribution in [0.25, 0.3) is 5.76 Å². The zero-order valence-electron chi connectivity index (χ0n) is 21.7. The molecular weight excluding hydrogens is 522 g/mol. The number of Topliss-reactive ketones (excluding diaryl/α,β-unsaturated/α-hetero) is 2. The summed E-state index contributed by atoms with van der Waals surface area (Å²) in [5, 5.41) is 48.2. The Kier molecular flexibility index (Phi) is 6.24. The number of aliphatic hydroxyl groups is 3. The Morgan fingerprint density at radius 3 is 2.50 bits per heavy atom. The fourth-order valence-electron chi connectivity index (χ4n) is 7.13. The fourth-order valence-corrected chi connectivity index (χ4v) is 7.13. The largest absolute Gasteiger partial charge is 0.508 e. The van der Waals surface area contributed by atoms with Crippen LogP contribution in [0.2, 0.25) is 0 Å². The number of phenols is 1. The molecule has 12 heteroatoms. The van der Waals surface area contributed by atoms with Crippen LogP contribution in [0.5, 0.6) is 5.75 Å². The van der Waals surface area contributed by atoms with Gasteiger partial charge in [0.05, 0.1) is 11.6 Å². The number of carbonyl (C=O) groups excluding carboxylic acids is 4. The zero-order chi connectivity index (χ0) is 28.5. The average Bonchev–Trinajstić information content (AvgIpc) is 3.34. The van der Waals surface area contributed by atoms with Crippen molar-refractivity contribution in [2.24, 2.45) is 17.6 Å². The quantitative estimate of drug-likeness (QED) is 0.282. The van der Waals surface area contributed by atoms with Crippen molar-refractivity contribution in [3.63, 3.8) is 0 Å². The lowest BCUT2D eigenvalue weighted by atomic mass is 9.57. The van der Waals surface area contributed by atoms with Crippen LogP contribution in [-0.2, 0) is 30.3 Å². The Bertz CT molecular complexity index is 1410. The van der Waals surface area contributed by atoms with Crippen molar-refractivity contribution in [1.82, 2.24) is 5.32 Å². The van der Waals surface area contributed by atoms with Crippen LogP contribution >= 0.6 is 0 Å². The lowest BCUT2D eigenvalue weighted by Crippen LogP contribution is -2.67. The molecule has 1 aromatic carbocycles. The smallest absolute Gasteiger partial charge is 0.255 e. The van der Waals surface area contributed by atoms with Gasteiger partial charge < -0.3 is 41.1 Å². The van der Waals surface area contributed by atoms with Crippen LogP contribution in [-0.4, -0.2) is 81.3 Å². The number of ether oxygens (including phenoxy) is 1. The predicted molar refractivity (Wildman–Crippen MR) is 139 cm³/mol. The highest BCUT2D eigenvalue weighted by Gasteiger charge is 2.64. The lowest BCUT2D eigenvalue weighted by Gasteiger charge is -2.50. The van der Waals surface area contributed by atoms with E-state index in [2.05, 4.69) is 5.32 Å². The number of rotatable bonds is 4. The molecule has 7 N–H and O–H groups in total. The Balaban J connectivity index is 1.49. The normalized spacial score (nSPS) is 30.9. The summed E-state index contributed by atoms with van der Waals surface area (Å²) in [5.74, 6) is -7.17. The molecule has 2 heterocycles. The zero-order valence-corrected chi connectivity index (χ0v) is 21.7. The van der Waals surface area contributed by atoms with E-state index < -0.39 is 58.0 Å². The number of anilines is 1. The maximum absolute atomic E-state index is 14.0. The molecule has 212 valence electrons. The lowest BCUT2D eigenvalue weighted by molar-refractivity contribution is -0.151. The molecule has 2 saturated heterocycles. The molecule has 4 unspecified atom stereocenters. The summed E-state index contributed by atoms with van der Waals surface area (Å²) in [6.45, 7) is 1.36. The molecule has 40 heavy (non-hydrogen) atoms. The van der Waals surface area contributed by atoms with Gasteiger partial charge in [-0.05, 0) is 55.7 Å². The number of hydrogen-bond acceptors (Lipinski definition) is 10. The van der Waals surface area contributed by atoms with Crippen LogP contribution in [0.3, 0.4) is 0 Å². The minimum atomic E-state index is -2.71. The third-order valence-corrected chi connectivity index (χ3v) is 9.06. The van der Waals surface area contributed by atoms with E-state index in [4.69, 9.17) is 10.5 Å². The SMILES string of the molecule is NC(=O)C1=C(O)C2(O)C(=O)C3=C(O)c4c(O)ccc(N5CCCC5=O)c4CC3CC2C(NC2CCOCC2)C1=O. The van der Waals surface area contributed by atoms with Crippen LogP contribution in [0.15, 0.2) is 29.0 Å². The van der Waals surface area contributed by atoms with E-state index in [1.54, 1.807) is 11.0 Å². The Morgan fingerprint density at radius 2 is 1.85 bits per heavy atom. The second-order valence-electron chi connectivity index (χ2n) is 11.2. The maximum Gasteiger partial charge on any atom is 0.255 e. The van der Waals surface area contributed by atoms with E-state index in [0.29, 0.717) is 56.7 Å². The number of benzene rings is 1. The van der Waals surface area contributed by atoms with Crippen LogP contribution in [0.1, 0.15) is 43.2 Å². The first kappa shape index (κ1) is 26.5. The number of aliphatic hydroxyl groups excluding tert-OH is 2. The van der Waals surface area contributed by atoms with Gasteiger partial charge in [0.25, 0.3) is 5.91 Å². The topological polar surface area (TPSA) is 200 Å². The van der Waals surface area contributed by atoms with E-state index in [0.717, 1.165) is 0 Å². The number of fused-ring (bicyclic) bond motifs is 3. The highest BCUT2D eigenvalue weighted by molar-refractivity contribution is 6.24. The first-order chi connectivity index (χ1) is 19.1. The van der Waals surface area contributed by atoms with Crippen molar-refractivity contribution >= 4 is 34.8 Å². The van der Waals surface area contributed by atoms with Crippen molar-refractivity contribution < 1.29 is 44.3 Å². The summed E-state index contributed by atoms with van der Waals surface area (Å²) in [6, 6.07) is 1.50. The molecule has 3 aliphatic carbocycles. The molecule has 2 aliphatic heterocycles. The molecule has 1 aromatic rings. The summed E-state index contributed by atoms with van der Waals surface area (Å²) in [6.07, 6.45) is 2.25. The Labute approximate surface area is 229 Å². The van der Waals surface area contributed by atoms with Crippen molar-refractivity contribution in [2.75, 3.05) is 24.7 Å². The molecule has 0 radical (unpaired) electrons. The Hall–Kier alpha value is -3.74. The van der Waals surface area contributed by atoms with Gasteiger partial charge in [0, 0.05) is 49.4 Å². The molecule has 4 atom stereocenters. The number of nitrogens with zero attached hydrogens (tertiary/aromatic N) is 1. The molecule has 1 saturated carbocycles. The molecule has 2 amide bonds. The van der Waals surface area contributed by atoms with Gasteiger partial charge in [-0.2, -0.15) is 0 Å². The second kappa shape index (κ2) is 9.43. The molecule has 5 aliphatic rings. The van der Waals surface area contributed by atoms with E-state index in [1.807, 2.05) is 0 Å². The van der Waals surface area contributed by atoms with E-state index >= 15 is 0 Å². The second-order valence-corrected chi connectivity index (χ2v) is 11.2. The van der Waals surface area contributed by atoms with Gasteiger partial charge >= 0.3 is 0 Å². The maximum atomic E-state index is 14.0. The van der Waals surface area contributed by atoms with Gasteiger partial charge in [0.1, 0.15) is 22.8 Å². The summed E-state index contributed by atoms with van der Waals surface area (Å²) in [4.78, 5) is 54.0. The van der Waals surface area contributed by atoms with Gasteiger partial charge in [-0.15, -0.1) is 0 Å². The predicted octanol–water partition coefficient (Wildman–Crippen LogP) is 0.298. The third-order valence-electron chi connectivity index (χ3n) is 9.06. The van der Waals surface area contributed by atoms with Crippen molar-refractivity contribution in [1.29, 1.82) is 0 Å². The number of amides is 2. The fraction of sp³-hybridized carbons (Fsp3) is 0.500. The highest BCUT2D eigenvalue weighted by Crippen LogP contribution is 2.53. The summed E-state index contributed by atoms with van der Waals surface area (Å²) >= 11 is 0. The van der Waals surface area contributed by atoms with E-state index in [-0.39, 0.29) is 41.7 Å². The number of phenolic OH excluding ortho intramolecular Hbond substituents is 1. The molecule has 12 nitrogen and oxygen atoms in total. The minimum absolute atomic E-state index is 0.0210. The summed E-state index contributed by atoms with van der Waals surface area (Å²) in [5.41, 5.74) is 2.61. The molecular formula is C28H31N3O9. The molecule has 0 spiro atoms. The minimum Gasteiger partial charge on any atom is -0.508 e. The van der Waals surface area contributed by atoms with Gasteiger partial charge in [-0.1, -0.05) is 0 Å². The van der Waals surface area contributed by atoms with Gasteiger partial charge in [0.15, 0.2) is 11.4 Å². The molecule has 0 bridgehead atoms. The standard InChI is InChI=1S/C28H31N3O9/c29-27(38)21-24(35)22(30-13-5-8-40-9-6-13)15-11-12-10-14-16(31-7-1-2-18(31)33)3-4-17(32)20(14)23(34)19(12)25(36)28(15,39)26(21)37/h3-4,12-13,15,22,30,32,34,37,39H,1-2,5-11H2,(H2,29,38). The highest BCUT2D eigenvalue weighted by atomic mass is 16.5. The van der Waals surface area contributed by atoms with Crippen molar-refractivity contribution in [3.8, 4) is 5.75 Å². The van der Waals surface area contributed by atoms with Crippen LogP contribution < -0.4 is 16.0 Å². The summed E-state index contributed by atoms with van der Waals surface area (Å²) < 4.78 is 5.39. The number of primary amides is 1. The van der Waals surface area contributed by atoms with Crippen molar-refractivity contribution in [2.45, 2.75) is 56.2 Å². The molecule has 3 fully saturated rings. The number of aromatic hydroxyl groups is 1. The van der Waals surface area contributed by atoms with Crippen LogP contribution in [0, 0.1) is 11.8 Å². The summed E-state index contributed by atoms with van der Waals surface area (Å²) in [7, 11) is 0. The molecule has 0 aromatic heterocycles. The van der Waals surface area contributed by atoms with Crippen molar-refractivity contribution in [3.05, 3.63) is 40.2 Å². The third kappa shape index (κ3) is 3.70. The van der Waals surface area contributed by atoms with E-state index in [9.17, 15) is 39.6 Å². The number of nitrogens with two attached hydrogens (primary N) is 1. The van der Waals surface area contributed by atoms with E-state index in [1.165, 1.54) is 6.07 Å². The first-order valence-corrected chi connectivity index (χ1v) is 13.5.